The predicted octanol–water partition coefficient (Wildman–Crippen LogP) is 3.07. The molecule has 0 aliphatic carbocycles. The van der Waals surface area contributed by atoms with Gasteiger partial charge in [-0.05, 0) is 36.8 Å². The molecule has 0 N–H and O–H groups in total. The van der Waals surface area contributed by atoms with Crippen molar-refractivity contribution in [2.45, 2.75) is 31.3 Å². The van der Waals surface area contributed by atoms with Crippen molar-refractivity contribution in [3.63, 3.8) is 0 Å². The van der Waals surface area contributed by atoms with Gasteiger partial charge in [-0.25, -0.2) is 22.7 Å². The van der Waals surface area contributed by atoms with Crippen LogP contribution in [0, 0.1) is 0 Å². The summed E-state index contributed by atoms with van der Waals surface area (Å²) in [6.45, 7) is 7.28. The first kappa shape index (κ1) is 23.0. The van der Waals surface area contributed by atoms with Gasteiger partial charge in [-0.15, -0.1) is 0 Å². The number of fused-ring (bicyclic) bond motifs is 1. The molecule has 1 saturated heterocycles. The summed E-state index contributed by atoms with van der Waals surface area (Å²) in [5.41, 5.74) is 1.70. The van der Waals surface area contributed by atoms with Gasteiger partial charge in [0.15, 0.2) is 0 Å². The van der Waals surface area contributed by atoms with Crippen LogP contribution in [-0.2, 0) is 23.1 Å². The molecule has 2 aromatic heterocycles. The van der Waals surface area contributed by atoms with E-state index in [2.05, 4.69) is 26.3 Å². The standard InChI is InChI=1S/C22H29ClN6O2S/c1-4-9-29-20-7-6-18(32(30,31)26(2)3)14-19(20)25-22(29)16-27-10-12-28(13-11-27)21-8-5-17(23)15-24-21/h5-8,14-15H,4,9-13,16H2,1-3H3. The Kier molecular flexibility index (Phi) is 6.71. The molecule has 1 aliphatic heterocycles. The second-order valence-electron chi connectivity index (χ2n) is 8.22. The molecule has 1 aromatic carbocycles. The molecule has 172 valence electrons. The largest absolute Gasteiger partial charge is 0.354 e. The SMILES string of the molecule is CCCn1c(CN2CCN(c3ccc(Cl)cn3)CC2)nc2cc(S(=O)(=O)N(C)C)ccc21. The highest BCUT2D eigenvalue weighted by atomic mass is 35.5. The fourth-order valence-corrected chi connectivity index (χ4v) is 5.05. The zero-order valence-electron chi connectivity index (χ0n) is 18.7. The Balaban J connectivity index is 1.53. The van der Waals surface area contributed by atoms with Gasteiger partial charge in [0.2, 0.25) is 10.0 Å². The molecule has 0 bridgehead atoms. The summed E-state index contributed by atoms with van der Waals surface area (Å²) in [7, 11) is -0.410. The molecule has 1 fully saturated rings. The van der Waals surface area contributed by atoms with Crippen LogP contribution in [0.15, 0.2) is 41.4 Å². The number of nitrogens with zero attached hydrogens (tertiary/aromatic N) is 6. The molecule has 8 nitrogen and oxygen atoms in total. The van der Waals surface area contributed by atoms with E-state index in [0.29, 0.717) is 5.02 Å². The van der Waals surface area contributed by atoms with E-state index < -0.39 is 10.0 Å². The normalized spacial score (nSPS) is 15.7. The number of pyridine rings is 1. The van der Waals surface area contributed by atoms with Crippen LogP contribution >= 0.6 is 11.6 Å². The Morgan fingerprint density at radius 3 is 2.47 bits per heavy atom. The van der Waals surface area contributed by atoms with E-state index in [9.17, 15) is 8.42 Å². The van der Waals surface area contributed by atoms with Crippen molar-refractivity contribution in [3.8, 4) is 0 Å². The van der Waals surface area contributed by atoms with E-state index in [0.717, 1.165) is 68.4 Å². The van der Waals surface area contributed by atoms with Crippen molar-refractivity contribution in [2.24, 2.45) is 0 Å². The average molecular weight is 477 g/mol. The van der Waals surface area contributed by atoms with Crippen LogP contribution in [0.3, 0.4) is 0 Å². The van der Waals surface area contributed by atoms with Crippen LogP contribution in [0.25, 0.3) is 11.0 Å². The topological polar surface area (TPSA) is 74.6 Å². The first-order valence-corrected chi connectivity index (χ1v) is 12.6. The van der Waals surface area contributed by atoms with E-state index in [1.165, 1.54) is 4.31 Å². The van der Waals surface area contributed by atoms with E-state index >= 15 is 0 Å². The van der Waals surface area contributed by atoms with E-state index in [4.69, 9.17) is 16.6 Å². The molecule has 0 amide bonds. The second kappa shape index (κ2) is 9.35. The van der Waals surface area contributed by atoms with Crippen LogP contribution in [0.2, 0.25) is 5.02 Å². The Morgan fingerprint density at radius 2 is 1.84 bits per heavy atom. The number of aromatic nitrogens is 3. The molecular weight excluding hydrogens is 448 g/mol. The minimum atomic E-state index is -3.49. The van der Waals surface area contributed by atoms with Crippen molar-refractivity contribution in [3.05, 3.63) is 47.4 Å². The third kappa shape index (κ3) is 4.61. The monoisotopic (exact) mass is 476 g/mol. The molecule has 1 aliphatic rings. The average Bonchev–Trinajstić information content (AvgIpc) is 3.11. The lowest BCUT2D eigenvalue weighted by Gasteiger charge is -2.35. The number of rotatable bonds is 7. The number of sulfonamides is 1. The van der Waals surface area contributed by atoms with Crippen LogP contribution in [0.1, 0.15) is 19.2 Å². The van der Waals surface area contributed by atoms with Gasteiger partial charge in [-0.2, -0.15) is 0 Å². The molecule has 0 atom stereocenters. The maximum atomic E-state index is 12.5. The lowest BCUT2D eigenvalue weighted by molar-refractivity contribution is 0.240. The lowest BCUT2D eigenvalue weighted by atomic mass is 10.3. The number of benzene rings is 1. The van der Waals surface area contributed by atoms with Gasteiger partial charge < -0.3 is 9.47 Å². The lowest BCUT2D eigenvalue weighted by Crippen LogP contribution is -2.46. The number of imidazole rings is 1. The fraction of sp³-hybridized carbons (Fsp3) is 0.455. The third-order valence-electron chi connectivity index (χ3n) is 5.80. The molecular formula is C22H29ClN6O2S. The first-order chi connectivity index (χ1) is 15.3. The molecule has 3 aromatic rings. The summed E-state index contributed by atoms with van der Waals surface area (Å²) < 4.78 is 28.5. The number of anilines is 1. The van der Waals surface area contributed by atoms with Crippen LogP contribution in [0.5, 0.6) is 0 Å². The Morgan fingerprint density at radius 1 is 1.09 bits per heavy atom. The number of hydrogen-bond acceptors (Lipinski definition) is 6. The summed E-state index contributed by atoms with van der Waals surface area (Å²) in [5, 5.41) is 0.642. The first-order valence-electron chi connectivity index (χ1n) is 10.8. The van der Waals surface area contributed by atoms with Gasteiger partial charge in [-0.3, -0.25) is 4.90 Å². The molecule has 0 spiro atoms. The van der Waals surface area contributed by atoms with E-state index in [1.54, 1.807) is 32.4 Å². The summed E-state index contributed by atoms with van der Waals surface area (Å²) in [6, 6.07) is 9.06. The van der Waals surface area contributed by atoms with Crippen molar-refractivity contribution < 1.29 is 8.42 Å². The Labute approximate surface area is 194 Å². The quantitative estimate of drug-likeness (QED) is 0.521. The third-order valence-corrected chi connectivity index (χ3v) is 7.83. The van der Waals surface area contributed by atoms with Gasteiger partial charge in [0, 0.05) is 53.0 Å². The summed E-state index contributed by atoms with van der Waals surface area (Å²) in [5.74, 6) is 1.92. The Hall–Kier alpha value is -2.20. The molecule has 32 heavy (non-hydrogen) atoms. The van der Waals surface area contributed by atoms with E-state index in [1.807, 2.05) is 18.2 Å². The highest BCUT2D eigenvalue weighted by molar-refractivity contribution is 7.89. The van der Waals surface area contributed by atoms with Gasteiger partial charge in [0.05, 0.1) is 27.5 Å². The molecule has 3 heterocycles. The van der Waals surface area contributed by atoms with Crippen LogP contribution < -0.4 is 4.90 Å². The number of piperazine rings is 1. The van der Waals surface area contributed by atoms with Crippen molar-refractivity contribution in [1.82, 2.24) is 23.7 Å². The fourth-order valence-electron chi connectivity index (χ4n) is 4.01. The van der Waals surface area contributed by atoms with Gasteiger partial charge in [0.25, 0.3) is 0 Å². The number of hydrogen-bond donors (Lipinski definition) is 0. The molecule has 10 heteroatoms. The van der Waals surface area contributed by atoms with Gasteiger partial charge in [0.1, 0.15) is 11.6 Å². The second-order valence-corrected chi connectivity index (χ2v) is 10.8. The van der Waals surface area contributed by atoms with Crippen LogP contribution in [-0.4, -0.2) is 72.4 Å². The number of aryl methyl sites for hydroxylation is 1. The predicted molar refractivity (Wildman–Crippen MR) is 128 cm³/mol. The van der Waals surface area contributed by atoms with Gasteiger partial charge in [-0.1, -0.05) is 18.5 Å². The highest BCUT2D eigenvalue weighted by Gasteiger charge is 2.22. The van der Waals surface area contributed by atoms with Crippen molar-refractivity contribution in [1.29, 1.82) is 0 Å². The van der Waals surface area contributed by atoms with Crippen LogP contribution in [0.4, 0.5) is 5.82 Å². The molecule has 0 saturated carbocycles. The zero-order valence-corrected chi connectivity index (χ0v) is 20.3. The molecule has 0 unspecified atom stereocenters. The van der Waals surface area contributed by atoms with Crippen molar-refractivity contribution in [2.75, 3.05) is 45.2 Å². The molecule has 0 radical (unpaired) electrons. The summed E-state index contributed by atoms with van der Waals surface area (Å²) in [6.07, 6.45) is 2.66. The van der Waals surface area contributed by atoms with Crippen molar-refractivity contribution >= 4 is 38.5 Å². The maximum Gasteiger partial charge on any atom is 0.242 e. The summed E-state index contributed by atoms with van der Waals surface area (Å²) >= 11 is 5.95. The zero-order chi connectivity index (χ0) is 22.9. The minimum absolute atomic E-state index is 0.270. The summed E-state index contributed by atoms with van der Waals surface area (Å²) in [4.78, 5) is 14.2. The highest BCUT2D eigenvalue weighted by Crippen LogP contribution is 2.24. The number of halogens is 1. The smallest absolute Gasteiger partial charge is 0.242 e. The minimum Gasteiger partial charge on any atom is -0.354 e. The molecule has 4 rings (SSSR count). The van der Waals surface area contributed by atoms with Gasteiger partial charge >= 0.3 is 0 Å². The maximum absolute atomic E-state index is 12.5. The van der Waals surface area contributed by atoms with E-state index in [-0.39, 0.29) is 4.90 Å². The Bertz CT molecular complexity index is 1190.